The molecule has 1 fully saturated rings. The van der Waals surface area contributed by atoms with Gasteiger partial charge < -0.3 is 14.7 Å². The monoisotopic (exact) mass is 251 g/mol. The predicted molar refractivity (Wildman–Crippen MR) is 69.8 cm³/mol. The molecule has 18 heavy (non-hydrogen) atoms. The molecule has 1 aromatic rings. The Morgan fingerprint density at radius 3 is 2.89 bits per heavy atom. The van der Waals surface area contributed by atoms with E-state index >= 15 is 0 Å². The Morgan fingerprint density at radius 1 is 1.44 bits per heavy atom. The number of nitrogens with zero attached hydrogens (tertiary/aromatic N) is 3. The fourth-order valence-electron chi connectivity index (χ4n) is 2.18. The minimum absolute atomic E-state index is 0.0446. The van der Waals surface area contributed by atoms with Crippen molar-refractivity contribution < 1.29 is 9.84 Å². The Labute approximate surface area is 108 Å². The van der Waals surface area contributed by atoms with Crippen molar-refractivity contribution in [1.29, 1.82) is 0 Å². The van der Waals surface area contributed by atoms with Crippen LogP contribution in [0, 0.1) is 0 Å². The molecule has 2 unspecified atom stereocenters. The summed E-state index contributed by atoms with van der Waals surface area (Å²) in [7, 11) is 0. The highest BCUT2D eigenvalue weighted by atomic mass is 16.5. The van der Waals surface area contributed by atoms with Gasteiger partial charge in [0, 0.05) is 24.8 Å². The number of aliphatic hydroxyl groups excluding tert-OH is 1. The van der Waals surface area contributed by atoms with Crippen molar-refractivity contribution in [2.75, 3.05) is 24.6 Å². The number of morpholine rings is 1. The van der Waals surface area contributed by atoms with Gasteiger partial charge in [0.15, 0.2) is 0 Å². The molecule has 5 heteroatoms. The number of ether oxygens (including phenoxy) is 1. The van der Waals surface area contributed by atoms with Crippen LogP contribution in [0.15, 0.2) is 12.4 Å². The highest BCUT2D eigenvalue weighted by Crippen LogP contribution is 2.20. The van der Waals surface area contributed by atoms with Crippen molar-refractivity contribution in [3.63, 3.8) is 0 Å². The molecule has 0 radical (unpaired) electrons. The van der Waals surface area contributed by atoms with Crippen LogP contribution in [0.3, 0.4) is 0 Å². The molecule has 2 rings (SSSR count). The first-order valence-corrected chi connectivity index (χ1v) is 6.43. The smallest absolute Gasteiger partial charge is 0.132 e. The van der Waals surface area contributed by atoms with Crippen molar-refractivity contribution in [2.24, 2.45) is 0 Å². The molecule has 0 bridgehead atoms. The van der Waals surface area contributed by atoms with E-state index in [4.69, 9.17) is 4.74 Å². The fraction of sp³-hybridized carbons (Fsp3) is 0.692. The molecule has 0 amide bonds. The molecule has 2 atom stereocenters. The van der Waals surface area contributed by atoms with Gasteiger partial charge in [0.25, 0.3) is 0 Å². The van der Waals surface area contributed by atoms with Crippen LogP contribution >= 0.6 is 0 Å². The van der Waals surface area contributed by atoms with Crippen LogP contribution in [-0.4, -0.2) is 47.0 Å². The van der Waals surface area contributed by atoms with Crippen LogP contribution in [-0.2, 0) is 4.74 Å². The predicted octanol–water partition coefficient (Wildman–Crippen LogP) is 1.19. The summed E-state index contributed by atoms with van der Waals surface area (Å²) < 4.78 is 5.63. The van der Waals surface area contributed by atoms with Crippen LogP contribution < -0.4 is 4.90 Å². The van der Waals surface area contributed by atoms with Gasteiger partial charge in [-0.25, -0.2) is 9.97 Å². The number of aliphatic hydroxyl groups is 1. The molecule has 100 valence electrons. The van der Waals surface area contributed by atoms with Gasteiger partial charge in [-0.15, -0.1) is 0 Å². The van der Waals surface area contributed by atoms with Gasteiger partial charge in [0.05, 0.1) is 18.8 Å². The SMILES string of the molecule is CC1CN(c2cc(C(C)C)ncn2)CC(CO)O1. The van der Waals surface area contributed by atoms with Gasteiger partial charge in [-0.1, -0.05) is 13.8 Å². The first-order valence-electron chi connectivity index (χ1n) is 6.43. The zero-order chi connectivity index (χ0) is 13.1. The Bertz CT molecular complexity index is 398. The van der Waals surface area contributed by atoms with Crippen molar-refractivity contribution >= 4 is 5.82 Å². The van der Waals surface area contributed by atoms with E-state index in [2.05, 4.69) is 28.7 Å². The summed E-state index contributed by atoms with van der Waals surface area (Å²) in [6.45, 7) is 7.76. The molecule has 0 spiro atoms. The van der Waals surface area contributed by atoms with Gasteiger partial charge in [-0.05, 0) is 12.8 Å². The highest BCUT2D eigenvalue weighted by Gasteiger charge is 2.25. The molecule has 1 saturated heterocycles. The summed E-state index contributed by atoms with van der Waals surface area (Å²) >= 11 is 0. The van der Waals surface area contributed by atoms with Crippen molar-refractivity contribution in [3.8, 4) is 0 Å². The van der Waals surface area contributed by atoms with Crippen LogP contribution in [0.1, 0.15) is 32.4 Å². The second-order valence-electron chi connectivity index (χ2n) is 5.11. The van der Waals surface area contributed by atoms with E-state index in [1.165, 1.54) is 0 Å². The van der Waals surface area contributed by atoms with Crippen LogP contribution in [0.5, 0.6) is 0 Å². The fourth-order valence-corrected chi connectivity index (χ4v) is 2.18. The second kappa shape index (κ2) is 5.63. The lowest BCUT2D eigenvalue weighted by molar-refractivity contribution is -0.0423. The molecule has 0 aromatic carbocycles. The van der Waals surface area contributed by atoms with Gasteiger partial charge in [-0.3, -0.25) is 0 Å². The minimum atomic E-state index is -0.133. The van der Waals surface area contributed by atoms with E-state index in [9.17, 15) is 5.11 Å². The summed E-state index contributed by atoms with van der Waals surface area (Å²) in [6.07, 6.45) is 1.58. The van der Waals surface area contributed by atoms with Crippen molar-refractivity contribution in [1.82, 2.24) is 9.97 Å². The highest BCUT2D eigenvalue weighted by molar-refractivity contribution is 5.40. The maximum Gasteiger partial charge on any atom is 0.132 e. The molecule has 5 nitrogen and oxygen atoms in total. The third kappa shape index (κ3) is 2.97. The maximum absolute atomic E-state index is 9.23. The molecule has 2 heterocycles. The number of hydrogen-bond acceptors (Lipinski definition) is 5. The molecular formula is C13H21N3O2. The molecular weight excluding hydrogens is 230 g/mol. The zero-order valence-electron chi connectivity index (χ0n) is 11.2. The number of rotatable bonds is 3. The lowest BCUT2D eigenvalue weighted by Crippen LogP contribution is -2.48. The summed E-state index contributed by atoms with van der Waals surface area (Å²) in [5.74, 6) is 1.31. The molecule has 1 aliphatic heterocycles. The molecule has 0 aliphatic carbocycles. The Morgan fingerprint density at radius 2 is 2.22 bits per heavy atom. The van der Waals surface area contributed by atoms with E-state index < -0.39 is 0 Å². The van der Waals surface area contributed by atoms with E-state index in [1.807, 2.05) is 13.0 Å². The van der Waals surface area contributed by atoms with Crippen LogP contribution in [0.25, 0.3) is 0 Å². The topological polar surface area (TPSA) is 58.5 Å². The first-order chi connectivity index (χ1) is 8.60. The number of anilines is 1. The van der Waals surface area contributed by atoms with Gasteiger partial charge in [0.1, 0.15) is 12.1 Å². The largest absolute Gasteiger partial charge is 0.394 e. The third-order valence-corrected chi connectivity index (χ3v) is 3.12. The first kappa shape index (κ1) is 13.2. The third-order valence-electron chi connectivity index (χ3n) is 3.12. The molecule has 1 aromatic heterocycles. The normalized spacial score (nSPS) is 24.6. The standard InChI is InChI=1S/C13H21N3O2/c1-9(2)12-4-13(15-8-14-12)16-5-10(3)18-11(6-16)7-17/h4,8-11,17H,5-7H2,1-3H3. The maximum atomic E-state index is 9.23. The Kier molecular flexibility index (Phi) is 4.14. The summed E-state index contributed by atoms with van der Waals surface area (Å²) in [4.78, 5) is 10.8. The van der Waals surface area contributed by atoms with Crippen LogP contribution in [0.2, 0.25) is 0 Å². The van der Waals surface area contributed by atoms with Gasteiger partial charge in [-0.2, -0.15) is 0 Å². The van der Waals surface area contributed by atoms with E-state index in [0.717, 1.165) is 18.1 Å². The average Bonchev–Trinajstić information content (AvgIpc) is 2.38. The molecule has 1 aliphatic rings. The lowest BCUT2D eigenvalue weighted by atomic mass is 10.1. The number of aromatic nitrogens is 2. The van der Waals surface area contributed by atoms with E-state index in [1.54, 1.807) is 6.33 Å². The quantitative estimate of drug-likeness (QED) is 0.874. The van der Waals surface area contributed by atoms with E-state index in [0.29, 0.717) is 12.5 Å². The average molecular weight is 251 g/mol. The van der Waals surface area contributed by atoms with Gasteiger partial charge in [0.2, 0.25) is 0 Å². The van der Waals surface area contributed by atoms with Crippen molar-refractivity contribution in [3.05, 3.63) is 18.1 Å². The zero-order valence-corrected chi connectivity index (χ0v) is 11.2. The summed E-state index contributed by atoms with van der Waals surface area (Å²) in [5, 5.41) is 9.23. The summed E-state index contributed by atoms with van der Waals surface area (Å²) in [6, 6.07) is 2.02. The summed E-state index contributed by atoms with van der Waals surface area (Å²) in [5.41, 5.74) is 1.04. The number of hydrogen-bond donors (Lipinski definition) is 1. The van der Waals surface area contributed by atoms with E-state index in [-0.39, 0.29) is 18.8 Å². The Balaban J connectivity index is 2.17. The second-order valence-corrected chi connectivity index (χ2v) is 5.11. The van der Waals surface area contributed by atoms with Crippen molar-refractivity contribution in [2.45, 2.75) is 38.9 Å². The van der Waals surface area contributed by atoms with Gasteiger partial charge >= 0.3 is 0 Å². The molecule has 1 N–H and O–H groups in total. The lowest BCUT2D eigenvalue weighted by Gasteiger charge is -2.36. The minimum Gasteiger partial charge on any atom is -0.394 e. The Hall–Kier alpha value is -1.20. The van der Waals surface area contributed by atoms with Crippen LogP contribution in [0.4, 0.5) is 5.82 Å². The molecule has 0 saturated carbocycles.